The Morgan fingerprint density at radius 1 is 0.944 bits per heavy atom. The van der Waals surface area contributed by atoms with Crippen LogP contribution in [0.15, 0.2) is 0 Å². The first-order chi connectivity index (χ1) is 8.69. The quantitative estimate of drug-likeness (QED) is 0.767. The van der Waals surface area contributed by atoms with Crippen molar-refractivity contribution in [2.75, 3.05) is 26.3 Å². The lowest BCUT2D eigenvalue weighted by atomic mass is 10.2. The van der Waals surface area contributed by atoms with Gasteiger partial charge >= 0.3 is 0 Å². The Balaban J connectivity index is 1.79. The molecule has 0 N–H and O–H groups in total. The van der Waals surface area contributed by atoms with E-state index in [-0.39, 0.29) is 12.1 Å². The molecule has 0 aromatic rings. The maximum absolute atomic E-state index is 12.8. The summed E-state index contributed by atoms with van der Waals surface area (Å²) in [7, 11) is -3.26. The van der Waals surface area contributed by atoms with Crippen LogP contribution in [0.4, 0.5) is 0 Å². The Morgan fingerprint density at radius 2 is 1.50 bits per heavy atom. The summed E-state index contributed by atoms with van der Waals surface area (Å²) in [6.07, 6.45) is 6.51. The molecule has 0 bridgehead atoms. The fourth-order valence-electron chi connectivity index (χ4n) is 3.07. The minimum atomic E-state index is -3.26. The summed E-state index contributed by atoms with van der Waals surface area (Å²) in [5.41, 5.74) is 0. The Kier molecular flexibility index (Phi) is 3.62. The second-order valence-corrected chi connectivity index (χ2v) is 7.35. The van der Waals surface area contributed by atoms with Crippen LogP contribution in [0.1, 0.15) is 38.5 Å². The highest BCUT2D eigenvalue weighted by Gasteiger charge is 2.45. The van der Waals surface area contributed by atoms with E-state index in [1.165, 1.54) is 12.8 Å². The Morgan fingerprint density at radius 3 is 2.06 bits per heavy atom. The van der Waals surface area contributed by atoms with Crippen LogP contribution in [0.2, 0.25) is 0 Å². The lowest BCUT2D eigenvalue weighted by Crippen LogP contribution is -2.52. The number of ether oxygens (including phenoxy) is 1. The van der Waals surface area contributed by atoms with Gasteiger partial charge in [-0.1, -0.05) is 12.8 Å². The summed E-state index contributed by atoms with van der Waals surface area (Å²) < 4.78 is 34.2. The summed E-state index contributed by atoms with van der Waals surface area (Å²) in [6, 6.07) is 0.534. The molecule has 0 aromatic heterocycles. The van der Waals surface area contributed by atoms with Crippen LogP contribution in [0.3, 0.4) is 0 Å². The molecule has 0 amide bonds. The van der Waals surface area contributed by atoms with Crippen molar-refractivity contribution in [3.63, 3.8) is 0 Å². The molecule has 1 saturated heterocycles. The highest BCUT2D eigenvalue weighted by molar-refractivity contribution is 7.86. The van der Waals surface area contributed by atoms with Crippen molar-refractivity contribution in [1.82, 2.24) is 8.61 Å². The molecule has 0 aromatic carbocycles. The van der Waals surface area contributed by atoms with Gasteiger partial charge in [-0.25, -0.2) is 0 Å². The second kappa shape index (κ2) is 5.07. The molecule has 0 spiro atoms. The molecule has 2 aliphatic carbocycles. The van der Waals surface area contributed by atoms with Gasteiger partial charge < -0.3 is 4.74 Å². The molecule has 6 heteroatoms. The summed E-state index contributed by atoms with van der Waals surface area (Å²) in [5.74, 6) is 0. The third kappa shape index (κ3) is 2.43. The third-order valence-electron chi connectivity index (χ3n) is 4.15. The summed E-state index contributed by atoms with van der Waals surface area (Å²) in [4.78, 5) is 0. The van der Waals surface area contributed by atoms with Crippen molar-refractivity contribution in [2.24, 2.45) is 0 Å². The standard InChI is InChI=1S/C12H22N2O3S/c15-18(16,13-7-9-17-10-8-13)14(12-5-6-12)11-3-1-2-4-11/h11-12H,1-10H2. The first-order valence-electron chi connectivity index (χ1n) is 7.06. The number of hydrogen-bond donors (Lipinski definition) is 0. The van der Waals surface area contributed by atoms with Crippen LogP contribution in [0.25, 0.3) is 0 Å². The van der Waals surface area contributed by atoms with Crippen LogP contribution in [0.5, 0.6) is 0 Å². The van der Waals surface area contributed by atoms with Gasteiger partial charge in [-0.2, -0.15) is 17.0 Å². The molecule has 0 atom stereocenters. The number of hydrogen-bond acceptors (Lipinski definition) is 3. The van der Waals surface area contributed by atoms with E-state index >= 15 is 0 Å². The van der Waals surface area contributed by atoms with Gasteiger partial charge in [-0.05, 0) is 25.7 Å². The molecule has 5 nitrogen and oxygen atoms in total. The molecule has 0 radical (unpaired) electrons. The zero-order valence-corrected chi connectivity index (χ0v) is 11.6. The zero-order valence-electron chi connectivity index (χ0n) is 10.8. The second-order valence-electron chi connectivity index (χ2n) is 5.52. The van der Waals surface area contributed by atoms with E-state index in [0.717, 1.165) is 25.7 Å². The largest absolute Gasteiger partial charge is 0.379 e. The van der Waals surface area contributed by atoms with E-state index in [1.807, 2.05) is 4.31 Å². The molecule has 1 aliphatic heterocycles. The van der Waals surface area contributed by atoms with E-state index in [2.05, 4.69) is 0 Å². The first kappa shape index (κ1) is 12.8. The molecule has 3 aliphatic rings. The fraction of sp³-hybridized carbons (Fsp3) is 1.00. The fourth-order valence-corrected chi connectivity index (χ4v) is 5.13. The normalized spacial score (nSPS) is 28.1. The number of morpholine rings is 1. The van der Waals surface area contributed by atoms with Gasteiger partial charge in [0.2, 0.25) is 0 Å². The monoisotopic (exact) mass is 274 g/mol. The molecule has 104 valence electrons. The van der Waals surface area contributed by atoms with Gasteiger partial charge in [-0.3, -0.25) is 0 Å². The van der Waals surface area contributed by atoms with Crippen molar-refractivity contribution in [1.29, 1.82) is 0 Å². The Hall–Kier alpha value is -0.170. The average Bonchev–Trinajstić information content (AvgIpc) is 3.05. The minimum Gasteiger partial charge on any atom is -0.379 e. The van der Waals surface area contributed by atoms with Crippen LogP contribution < -0.4 is 0 Å². The topological polar surface area (TPSA) is 49.9 Å². The highest BCUT2D eigenvalue weighted by atomic mass is 32.2. The van der Waals surface area contributed by atoms with Gasteiger partial charge in [0.15, 0.2) is 0 Å². The molecule has 1 heterocycles. The smallest absolute Gasteiger partial charge is 0.282 e. The molecule has 18 heavy (non-hydrogen) atoms. The van der Waals surface area contributed by atoms with Crippen LogP contribution in [-0.2, 0) is 14.9 Å². The minimum absolute atomic E-state index is 0.255. The van der Waals surface area contributed by atoms with E-state index in [1.54, 1.807) is 4.31 Å². The van der Waals surface area contributed by atoms with E-state index in [4.69, 9.17) is 4.74 Å². The van der Waals surface area contributed by atoms with Gasteiger partial charge in [-0.15, -0.1) is 0 Å². The van der Waals surface area contributed by atoms with Crippen LogP contribution in [0, 0.1) is 0 Å². The van der Waals surface area contributed by atoms with E-state index in [0.29, 0.717) is 26.3 Å². The zero-order chi connectivity index (χ0) is 12.6. The predicted octanol–water partition coefficient (Wildman–Crippen LogP) is 0.970. The lowest BCUT2D eigenvalue weighted by molar-refractivity contribution is 0.0689. The summed E-state index contributed by atoms with van der Waals surface area (Å²) in [5, 5.41) is 0. The molecule has 3 fully saturated rings. The molecule has 3 rings (SSSR count). The van der Waals surface area contributed by atoms with Crippen molar-refractivity contribution in [3.05, 3.63) is 0 Å². The summed E-state index contributed by atoms with van der Waals surface area (Å²) in [6.45, 7) is 2.08. The van der Waals surface area contributed by atoms with Crippen molar-refractivity contribution in [3.8, 4) is 0 Å². The summed E-state index contributed by atoms with van der Waals surface area (Å²) >= 11 is 0. The Labute approximate surface area is 109 Å². The number of rotatable bonds is 4. The third-order valence-corrected chi connectivity index (χ3v) is 6.30. The molecule has 2 saturated carbocycles. The highest BCUT2D eigenvalue weighted by Crippen LogP contribution is 2.37. The first-order valence-corrected chi connectivity index (χ1v) is 8.45. The number of nitrogens with zero attached hydrogens (tertiary/aromatic N) is 2. The molecular weight excluding hydrogens is 252 g/mol. The maximum atomic E-state index is 12.8. The Bertz CT molecular complexity index is 382. The maximum Gasteiger partial charge on any atom is 0.282 e. The van der Waals surface area contributed by atoms with Gasteiger partial charge in [0.05, 0.1) is 13.2 Å². The van der Waals surface area contributed by atoms with Gasteiger partial charge in [0, 0.05) is 25.2 Å². The van der Waals surface area contributed by atoms with E-state index < -0.39 is 10.2 Å². The van der Waals surface area contributed by atoms with E-state index in [9.17, 15) is 8.42 Å². The van der Waals surface area contributed by atoms with Crippen LogP contribution >= 0.6 is 0 Å². The van der Waals surface area contributed by atoms with Gasteiger partial charge in [0.1, 0.15) is 0 Å². The lowest BCUT2D eigenvalue weighted by Gasteiger charge is -2.35. The SMILES string of the molecule is O=S(=O)(N1CCOCC1)N(C1CCCC1)C1CC1. The van der Waals surface area contributed by atoms with Gasteiger partial charge in [0.25, 0.3) is 10.2 Å². The van der Waals surface area contributed by atoms with Crippen molar-refractivity contribution >= 4 is 10.2 Å². The molecule has 0 unspecified atom stereocenters. The van der Waals surface area contributed by atoms with Crippen molar-refractivity contribution in [2.45, 2.75) is 50.6 Å². The predicted molar refractivity (Wildman–Crippen MR) is 68.4 cm³/mol. The van der Waals surface area contributed by atoms with Crippen molar-refractivity contribution < 1.29 is 13.2 Å². The van der Waals surface area contributed by atoms with Crippen LogP contribution in [-0.4, -0.2) is 55.4 Å². The average molecular weight is 274 g/mol. The molecular formula is C12H22N2O3S.